The molecule has 3 unspecified atom stereocenters. The van der Waals surface area contributed by atoms with E-state index >= 15 is 0 Å². The Morgan fingerprint density at radius 3 is 2.95 bits per heavy atom. The van der Waals surface area contributed by atoms with Crippen LogP contribution in [0.5, 0.6) is 0 Å². The fourth-order valence-corrected chi connectivity index (χ4v) is 4.12. The van der Waals surface area contributed by atoms with E-state index < -0.39 is 0 Å². The lowest BCUT2D eigenvalue weighted by atomic mass is 9.74. The van der Waals surface area contributed by atoms with Gasteiger partial charge in [0, 0.05) is 12.1 Å². The van der Waals surface area contributed by atoms with Gasteiger partial charge in [-0.3, -0.25) is 0 Å². The highest BCUT2D eigenvalue weighted by Crippen LogP contribution is 2.36. The quantitative estimate of drug-likeness (QED) is 0.855. The van der Waals surface area contributed by atoms with Gasteiger partial charge in [-0.05, 0) is 49.2 Å². The van der Waals surface area contributed by atoms with Crippen LogP contribution >= 0.6 is 0 Å². The van der Waals surface area contributed by atoms with Crippen molar-refractivity contribution in [2.24, 2.45) is 5.92 Å². The van der Waals surface area contributed by atoms with E-state index in [2.05, 4.69) is 60.0 Å². The first kappa shape index (κ1) is 13.1. The second-order valence-electron chi connectivity index (χ2n) is 6.59. The van der Waals surface area contributed by atoms with Crippen molar-refractivity contribution in [3.05, 3.63) is 71.3 Å². The van der Waals surface area contributed by atoms with Crippen LogP contribution in [-0.4, -0.2) is 12.1 Å². The van der Waals surface area contributed by atoms with Gasteiger partial charge in [0.05, 0.1) is 0 Å². The minimum atomic E-state index is 0.542. The zero-order valence-corrected chi connectivity index (χ0v) is 12.5. The summed E-state index contributed by atoms with van der Waals surface area (Å²) < 4.78 is 0. The van der Waals surface area contributed by atoms with E-state index in [0.29, 0.717) is 12.1 Å². The first-order chi connectivity index (χ1) is 10.4. The topological polar surface area (TPSA) is 12.0 Å². The Bertz CT molecular complexity index is 594. The van der Waals surface area contributed by atoms with E-state index in [-0.39, 0.29) is 0 Å². The molecule has 1 nitrogen and oxygen atoms in total. The van der Waals surface area contributed by atoms with Gasteiger partial charge in [-0.25, -0.2) is 0 Å². The summed E-state index contributed by atoms with van der Waals surface area (Å²) in [5, 5.41) is 3.94. The molecule has 1 aromatic carbocycles. The van der Waals surface area contributed by atoms with Crippen molar-refractivity contribution in [1.29, 1.82) is 0 Å². The Hall–Kier alpha value is -1.60. The third kappa shape index (κ3) is 2.63. The van der Waals surface area contributed by atoms with Gasteiger partial charge >= 0.3 is 0 Å². The van der Waals surface area contributed by atoms with Gasteiger partial charge in [0.25, 0.3) is 0 Å². The van der Waals surface area contributed by atoms with Gasteiger partial charge in [0.2, 0.25) is 0 Å². The average molecular weight is 277 g/mol. The van der Waals surface area contributed by atoms with Crippen LogP contribution in [0, 0.1) is 5.92 Å². The Labute approximate surface area is 127 Å². The van der Waals surface area contributed by atoms with Crippen molar-refractivity contribution in [1.82, 2.24) is 5.32 Å². The number of hydrogen-bond acceptors (Lipinski definition) is 1. The van der Waals surface area contributed by atoms with Gasteiger partial charge in [0.15, 0.2) is 0 Å². The Kier molecular flexibility index (Phi) is 3.52. The van der Waals surface area contributed by atoms with E-state index in [9.17, 15) is 0 Å². The Balaban J connectivity index is 1.57. The molecule has 1 aliphatic heterocycles. The third-order valence-corrected chi connectivity index (χ3v) is 5.18. The van der Waals surface area contributed by atoms with Crippen molar-refractivity contribution >= 4 is 0 Å². The van der Waals surface area contributed by atoms with Gasteiger partial charge in [-0.2, -0.15) is 0 Å². The second-order valence-corrected chi connectivity index (χ2v) is 6.59. The molecule has 1 heteroatoms. The molecule has 1 N–H and O–H groups in total. The summed E-state index contributed by atoms with van der Waals surface area (Å²) in [7, 11) is 0. The molecule has 0 saturated heterocycles. The lowest BCUT2D eigenvalue weighted by Crippen LogP contribution is -2.49. The maximum Gasteiger partial charge on any atom is 0.0360 e. The van der Waals surface area contributed by atoms with Crippen molar-refractivity contribution < 1.29 is 0 Å². The maximum atomic E-state index is 3.94. The zero-order valence-electron chi connectivity index (χ0n) is 12.5. The number of nitrogens with one attached hydrogen (secondary N) is 1. The van der Waals surface area contributed by atoms with Crippen LogP contribution in [0.2, 0.25) is 0 Å². The van der Waals surface area contributed by atoms with Crippen LogP contribution in [0.25, 0.3) is 0 Å². The first-order valence-corrected chi connectivity index (χ1v) is 8.27. The van der Waals surface area contributed by atoms with Crippen molar-refractivity contribution in [3.63, 3.8) is 0 Å². The number of allylic oxidation sites excluding steroid dienone is 2. The highest BCUT2D eigenvalue weighted by molar-refractivity contribution is 5.41. The molecule has 108 valence electrons. The van der Waals surface area contributed by atoms with E-state index in [1.165, 1.54) is 36.8 Å². The minimum absolute atomic E-state index is 0.542. The summed E-state index contributed by atoms with van der Waals surface area (Å²) in [6, 6.07) is 12.1. The predicted octanol–water partition coefficient (Wildman–Crippen LogP) is 4.18. The molecule has 0 spiro atoms. The molecule has 0 amide bonds. The molecule has 4 rings (SSSR count). The van der Waals surface area contributed by atoms with E-state index in [1.54, 1.807) is 5.57 Å². The molecule has 1 saturated carbocycles. The summed E-state index contributed by atoms with van der Waals surface area (Å²) in [4.78, 5) is 0. The summed E-state index contributed by atoms with van der Waals surface area (Å²) >= 11 is 0. The Morgan fingerprint density at radius 2 is 2.05 bits per heavy atom. The highest BCUT2D eigenvalue weighted by atomic mass is 15.0. The van der Waals surface area contributed by atoms with Gasteiger partial charge < -0.3 is 5.32 Å². The fourth-order valence-electron chi connectivity index (χ4n) is 4.12. The van der Waals surface area contributed by atoms with E-state index in [1.807, 2.05) is 0 Å². The summed E-state index contributed by atoms with van der Waals surface area (Å²) in [6.07, 6.45) is 15.6. The van der Waals surface area contributed by atoms with Gasteiger partial charge in [0.1, 0.15) is 0 Å². The van der Waals surface area contributed by atoms with Crippen LogP contribution in [0.4, 0.5) is 0 Å². The van der Waals surface area contributed by atoms with Crippen molar-refractivity contribution in [2.45, 2.75) is 44.2 Å². The number of fused-ring (bicyclic) bond motifs is 2. The monoisotopic (exact) mass is 277 g/mol. The molecule has 3 atom stereocenters. The molecular formula is C20H23N. The molecule has 0 radical (unpaired) electrons. The lowest BCUT2D eigenvalue weighted by Gasteiger charge is -2.41. The van der Waals surface area contributed by atoms with Crippen LogP contribution in [0.3, 0.4) is 0 Å². The van der Waals surface area contributed by atoms with Crippen LogP contribution in [0.1, 0.15) is 31.2 Å². The molecule has 21 heavy (non-hydrogen) atoms. The average Bonchev–Trinajstić information content (AvgIpc) is 2.54. The third-order valence-electron chi connectivity index (χ3n) is 5.18. The number of rotatable bonds is 2. The van der Waals surface area contributed by atoms with E-state index in [0.717, 1.165) is 12.3 Å². The Morgan fingerprint density at radius 1 is 1.14 bits per heavy atom. The molecule has 3 aliphatic rings. The molecule has 1 fully saturated rings. The lowest BCUT2D eigenvalue weighted by molar-refractivity contribution is 0.296. The number of benzene rings is 1. The molecule has 2 aliphatic carbocycles. The SMILES string of the molecule is C1=CCC2NC3C(=CC2=C1)CCCC3Cc1ccccc1. The smallest absolute Gasteiger partial charge is 0.0360 e. The molecule has 0 bridgehead atoms. The van der Waals surface area contributed by atoms with Crippen molar-refractivity contribution in [3.8, 4) is 0 Å². The standard InChI is InChI=1S/C20H23N/c1-2-7-15(8-3-1)13-17-10-6-11-18-14-16-9-4-5-12-19(16)21-20(17)18/h1-5,7-9,14,17,19-21H,6,10-13H2. The number of hydrogen-bond donors (Lipinski definition) is 1. The van der Waals surface area contributed by atoms with Crippen LogP contribution < -0.4 is 5.32 Å². The summed E-state index contributed by atoms with van der Waals surface area (Å²) in [5.41, 5.74) is 4.61. The maximum absolute atomic E-state index is 3.94. The molecule has 1 aromatic rings. The molecular weight excluding hydrogens is 254 g/mol. The first-order valence-electron chi connectivity index (χ1n) is 8.27. The van der Waals surface area contributed by atoms with Crippen LogP contribution in [-0.2, 0) is 6.42 Å². The normalized spacial score (nSPS) is 31.0. The van der Waals surface area contributed by atoms with Crippen molar-refractivity contribution in [2.75, 3.05) is 0 Å². The second kappa shape index (κ2) is 5.65. The largest absolute Gasteiger partial charge is 0.303 e. The minimum Gasteiger partial charge on any atom is -0.303 e. The summed E-state index contributed by atoms with van der Waals surface area (Å²) in [6.45, 7) is 0. The van der Waals surface area contributed by atoms with Crippen LogP contribution in [0.15, 0.2) is 65.8 Å². The summed E-state index contributed by atoms with van der Waals surface area (Å²) in [5.74, 6) is 0.750. The van der Waals surface area contributed by atoms with Gasteiger partial charge in [-0.1, -0.05) is 60.2 Å². The van der Waals surface area contributed by atoms with Gasteiger partial charge in [-0.15, -0.1) is 0 Å². The predicted molar refractivity (Wildman–Crippen MR) is 88.1 cm³/mol. The zero-order chi connectivity index (χ0) is 14.1. The highest BCUT2D eigenvalue weighted by Gasteiger charge is 2.34. The van der Waals surface area contributed by atoms with E-state index in [4.69, 9.17) is 0 Å². The molecule has 1 heterocycles. The molecule has 0 aromatic heterocycles. The fraction of sp³-hybridized carbons (Fsp3) is 0.400.